The quantitative estimate of drug-likeness (QED) is 0.595. The SMILES string of the molecule is C[C@@H](C(=O)Nc1ccccc1F)N(C)CC(=O)Nc1ccc(F)c(F)c1F. The Kier molecular flexibility index (Phi) is 6.51. The maximum absolute atomic E-state index is 13.6. The fraction of sp³-hybridized carbons (Fsp3) is 0.222. The lowest BCUT2D eigenvalue weighted by Gasteiger charge is -2.23. The lowest BCUT2D eigenvalue weighted by Crippen LogP contribution is -2.43. The third kappa shape index (κ3) is 5.04. The van der Waals surface area contributed by atoms with Gasteiger partial charge in [-0.05, 0) is 38.2 Å². The highest BCUT2D eigenvalue weighted by Gasteiger charge is 2.22. The van der Waals surface area contributed by atoms with E-state index < -0.39 is 46.8 Å². The average molecular weight is 383 g/mol. The van der Waals surface area contributed by atoms with Crippen molar-refractivity contribution < 1.29 is 27.2 Å². The zero-order valence-electron chi connectivity index (χ0n) is 14.5. The fourth-order valence-corrected chi connectivity index (χ4v) is 2.18. The number of carbonyl (C=O) groups is 2. The monoisotopic (exact) mass is 383 g/mol. The summed E-state index contributed by atoms with van der Waals surface area (Å²) in [6.45, 7) is 1.14. The lowest BCUT2D eigenvalue weighted by molar-refractivity contribution is -0.122. The predicted octanol–water partition coefficient (Wildman–Crippen LogP) is 3.14. The number of rotatable bonds is 6. The second kappa shape index (κ2) is 8.63. The topological polar surface area (TPSA) is 61.4 Å². The highest BCUT2D eigenvalue weighted by molar-refractivity contribution is 5.96. The van der Waals surface area contributed by atoms with Gasteiger partial charge in [0.15, 0.2) is 17.5 Å². The fourth-order valence-electron chi connectivity index (χ4n) is 2.18. The molecule has 0 aliphatic rings. The van der Waals surface area contributed by atoms with Crippen LogP contribution in [0.25, 0.3) is 0 Å². The van der Waals surface area contributed by atoms with Crippen molar-refractivity contribution in [3.05, 3.63) is 59.7 Å². The third-order valence-corrected chi connectivity index (χ3v) is 3.87. The number of nitrogens with zero attached hydrogens (tertiary/aromatic N) is 1. The van der Waals surface area contributed by atoms with Crippen molar-refractivity contribution >= 4 is 23.2 Å². The normalized spacial score (nSPS) is 12.0. The van der Waals surface area contributed by atoms with E-state index in [0.717, 1.165) is 6.07 Å². The van der Waals surface area contributed by atoms with Gasteiger partial charge in [-0.25, -0.2) is 17.6 Å². The van der Waals surface area contributed by atoms with Crippen LogP contribution < -0.4 is 10.6 Å². The van der Waals surface area contributed by atoms with Crippen LogP contribution in [0.15, 0.2) is 36.4 Å². The van der Waals surface area contributed by atoms with Gasteiger partial charge in [-0.2, -0.15) is 0 Å². The summed E-state index contributed by atoms with van der Waals surface area (Å²) in [5, 5.41) is 4.51. The number of nitrogens with one attached hydrogen (secondary N) is 2. The second-order valence-corrected chi connectivity index (χ2v) is 5.83. The molecule has 0 saturated carbocycles. The number of carbonyl (C=O) groups excluding carboxylic acids is 2. The minimum absolute atomic E-state index is 0.00365. The Morgan fingerprint density at radius 2 is 1.59 bits per heavy atom. The molecule has 5 nitrogen and oxygen atoms in total. The standard InChI is InChI=1S/C18H17F4N3O2/c1-10(18(27)24-13-6-4-3-5-11(13)19)25(2)9-15(26)23-14-8-7-12(20)16(21)17(14)22/h3-8,10H,9H2,1-2H3,(H,23,26)(H,24,27)/t10-/m0/s1. The van der Waals surface area contributed by atoms with Crippen LogP contribution in [0.4, 0.5) is 28.9 Å². The Bertz CT molecular complexity index is 860. The molecule has 2 aromatic carbocycles. The zero-order valence-corrected chi connectivity index (χ0v) is 14.5. The number of likely N-dealkylation sites (N-methyl/N-ethyl adjacent to an activating group) is 1. The van der Waals surface area contributed by atoms with Gasteiger partial charge < -0.3 is 10.6 Å². The molecule has 1 atom stereocenters. The molecule has 0 saturated heterocycles. The number of para-hydroxylation sites is 1. The van der Waals surface area contributed by atoms with Crippen LogP contribution in [0.3, 0.4) is 0 Å². The number of hydrogen-bond donors (Lipinski definition) is 2. The molecule has 0 fully saturated rings. The van der Waals surface area contributed by atoms with Crippen molar-refractivity contribution in [3.63, 3.8) is 0 Å². The Labute approximate surface area is 153 Å². The molecule has 0 bridgehead atoms. The van der Waals surface area contributed by atoms with Gasteiger partial charge >= 0.3 is 0 Å². The van der Waals surface area contributed by atoms with E-state index in [1.54, 1.807) is 6.07 Å². The number of anilines is 2. The minimum Gasteiger partial charge on any atom is -0.322 e. The van der Waals surface area contributed by atoms with E-state index in [1.807, 2.05) is 0 Å². The van der Waals surface area contributed by atoms with Crippen LogP contribution in [0.1, 0.15) is 6.92 Å². The predicted molar refractivity (Wildman–Crippen MR) is 92.1 cm³/mol. The van der Waals surface area contributed by atoms with Crippen LogP contribution in [-0.2, 0) is 9.59 Å². The molecule has 0 radical (unpaired) electrons. The molecule has 0 heterocycles. The first-order valence-electron chi connectivity index (χ1n) is 7.89. The summed E-state index contributed by atoms with van der Waals surface area (Å²) in [7, 11) is 1.45. The molecule has 2 rings (SSSR count). The van der Waals surface area contributed by atoms with Gasteiger partial charge in [-0.15, -0.1) is 0 Å². The Morgan fingerprint density at radius 3 is 2.26 bits per heavy atom. The summed E-state index contributed by atoms with van der Waals surface area (Å²) in [5.74, 6) is -6.49. The van der Waals surface area contributed by atoms with Crippen molar-refractivity contribution in [1.29, 1.82) is 0 Å². The zero-order chi connectivity index (χ0) is 20.1. The van der Waals surface area contributed by atoms with Crippen LogP contribution >= 0.6 is 0 Å². The Morgan fingerprint density at radius 1 is 0.926 bits per heavy atom. The van der Waals surface area contributed by atoms with Crippen molar-refractivity contribution in [1.82, 2.24) is 4.90 Å². The van der Waals surface area contributed by atoms with Gasteiger partial charge in [0.1, 0.15) is 5.82 Å². The summed E-state index contributed by atoms with van der Waals surface area (Å²) in [6.07, 6.45) is 0. The highest BCUT2D eigenvalue weighted by atomic mass is 19.2. The molecule has 27 heavy (non-hydrogen) atoms. The maximum Gasteiger partial charge on any atom is 0.241 e. The Balaban J connectivity index is 1.96. The van der Waals surface area contributed by atoms with Gasteiger partial charge in [-0.3, -0.25) is 14.5 Å². The van der Waals surface area contributed by atoms with Crippen molar-refractivity contribution in [2.24, 2.45) is 0 Å². The van der Waals surface area contributed by atoms with E-state index in [2.05, 4.69) is 10.6 Å². The molecular weight excluding hydrogens is 366 g/mol. The Hall–Kier alpha value is -2.94. The summed E-state index contributed by atoms with van der Waals surface area (Å²) in [6, 6.07) is 6.35. The van der Waals surface area contributed by atoms with E-state index in [9.17, 15) is 27.2 Å². The van der Waals surface area contributed by atoms with Crippen LogP contribution in [-0.4, -0.2) is 36.3 Å². The highest BCUT2D eigenvalue weighted by Crippen LogP contribution is 2.19. The number of hydrogen-bond acceptors (Lipinski definition) is 3. The molecule has 0 spiro atoms. The number of amides is 2. The summed E-state index contributed by atoms with van der Waals surface area (Å²) < 4.78 is 53.2. The molecule has 0 aliphatic carbocycles. The van der Waals surface area contributed by atoms with E-state index in [1.165, 1.54) is 37.1 Å². The lowest BCUT2D eigenvalue weighted by atomic mass is 10.2. The second-order valence-electron chi connectivity index (χ2n) is 5.83. The molecule has 2 N–H and O–H groups in total. The molecule has 2 aromatic rings. The smallest absolute Gasteiger partial charge is 0.241 e. The van der Waals surface area contributed by atoms with Gasteiger partial charge in [0.05, 0.1) is 24.0 Å². The first-order valence-corrected chi connectivity index (χ1v) is 7.89. The molecule has 0 unspecified atom stereocenters. The molecular formula is C18H17F4N3O2. The van der Waals surface area contributed by atoms with E-state index in [-0.39, 0.29) is 12.2 Å². The minimum atomic E-state index is -1.70. The summed E-state index contributed by atoms with van der Waals surface area (Å²) in [5.41, 5.74) is -0.521. The molecule has 0 aromatic heterocycles. The molecule has 2 amide bonds. The first kappa shape index (κ1) is 20.4. The van der Waals surface area contributed by atoms with Gasteiger partial charge in [-0.1, -0.05) is 12.1 Å². The van der Waals surface area contributed by atoms with E-state index in [0.29, 0.717) is 6.07 Å². The molecule has 144 valence electrons. The summed E-state index contributed by atoms with van der Waals surface area (Å²) >= 11 is 0. The first-order chi connectivity index (χ1) is 12.7. The van der Waals surface area contributed by atoms with E-state index >= 15 is 0 Å². The summed E-state index contributed by atoms with van der Waals surface area (Å²) in [4.78, 5) is 25.5. The largest absolute Gasteiger partial charge is 0.322 e. The third-order valence-electron chi connectivity index (χ3n) is 3.87. The van der Waals surface area contributed by atoms with Gasteiger partial charge in [0.25, 0.3) is 0 Å². The maximum atomic E-state index is 13.6. The van der Waals surface area contributed by atoms with Crippen molar-refractivity contribution in [2.75, 3.05) is 24.2 Å². The van der Waals surface area contributed by atoms with Gasteiger partial charge in [0, 0.05) is 0 Å². The van der Waals surface area contributed by atoms with Crippen molar-refractivity contribution in [2.45, 2.75) is 13.0 Å². The van der Waals surface area contributed by atoms with Gasteiger partial charge in [0.2, 0.25) is 11.8 Å². The average Bonchev–Trinajstić information content (AvgIpc) is 2.63. The molecule has 0 aliphatic heterocycles. The number of halogens is 4. The molecule has 9 heteroatoms. The van der Waals surface area contributed by atoms with Crippen LogP contribution in [0.2, 0.25) is 0 Å². The number of benzene rings is 2. The van der Waals surface area contributed by atoms with Crippen LogP contribution in [0, 0.1) is 23.3 Å². The van der Waals surface area contributed by atoms with Crippen LogP contribution in [0.5, 0.6) is 0 Å². The van der Waals surface area contributed by atoms with E-state index in [4.69, 9.17) is 0 Å². The van der Waals surface area contributed by atoms with Crippen molar-refractivity contribution in [3.8, 4) is 0 Å².